The second kappa shape index (κ2) is 18.8. The number of hydrogen-bond acceptors (Lipinski definition) is 3. The normalized spacial score (nSPS) is 13.6. The summed E-state index contributed by atoms with van der Waals surface area (Å²) in [5.41, 5.74) is 16.9. The highest BCUT2D eigenvalue weighted by atomic mass is 15.2. The van der Waals surface area contributed by atoms with Gasteiger partial charge >= 0.3 is 0 Å². The molecule has 0 atom stereocenters. The number of allylic oxidation sites excluding steroid dienone is 5. The van der Waals surface area contributed by atoms with E-state index in [1.165, 1.54) is 60.3 Å². The topological polar surface area (TPSA) is 43.8 Å². The van der Waals surface area contributed by atoms with Gasteiger partial charge in [0.25, 0.3) is 0 Å². The molecule has 0 spiro atoms. The van der Waals surface area contributed by atoms with Crippen molar-refractivity contribution in [1.29, 1.82) is 0 Å². The van der Waals surface area contributed by atoms with Crippen molar-refractivity contribution >= 4 is 82.6 Å². The average molecular weight is 999 g/mol. The summed E-state index contributed by atoms with van der Waals surface area (Å²) in [5, 5.41) is 7.23. The second-order valence-electron chi connectivity index (χ2n) is 20.1. The van der Waals surface area contributed by atoms with Gasteiger partial charge in [-0.3, -0.25) is 4.57 Å². The Labute approximate surface area is 451 Å². The molecule has 0 fully saturated rings. The minimum Gasteiger partial charge on any atom is -0.322 e. The molecule has 15 rings (SSSR count). The quantitative estimate of drug-likeness (QED) is 0.160. The maximum absolute atomic E-state index is 5.54. The zero-order valence-corrected chi connectivity index (χ0v) is 42.7. The summed E-state index contributed by atoms with van der Waals surface area (Å²) in [6.45, 7) is 0.563. The summed E-state index contributed by atoms with van der Waals surface area (Å²) in [6, 6.07) is 89.6. The van der Waals surface area contributed by atoms with Crippen LogP contribution in [0.4, 0.5) is 11.5 Å². The van der Waals surface area contributed by atoms with Crippen LogP contribution in [0.15, 0.2) is 279 Å². The van der Waals surface area contributed by atoms with Crippen LogP contribution in [0, 0.1) is 0 Å². The van der Waals surface area contributed by atoms with Gasteiger partial charge in [0, 0.05) is 67.6 Å². The predicted octanol–water partition coefficient (Wildman–Crippen LogP) is 18.1. The Morgan fingerprint density at radius 2 is 0.821 bits per heavy atom. The molecule has 6 heteroatoms. The summed E-state index contributed by atoms with van der Waals surface area (Å²) in [6.07, 6.45) is 11.9. The highest BCUT2D eigenvalue weighted by molar-refractivity contribution is 6.13. The van der Waals surface area contributed by atoms with E-state index in [1.807, 2.05) is 6.07 Å². The average Bonchev–Trinajstić information content (AvgIpc) is 4.32. The maximum atomic E-state index is 5.54. The third-order valence-electron chi connectivity index (χ3n) is 15.6. The summed E-state index contributed by atoms with van der Waals surface area (Å²) in [7, 11) is 0. The van der Waals surface area contributed by atoms with Crippen molar-refractivity contribution in [2.24, 2.45) is 0 Å². The van der Waals surface area contributed by atoms with Gasteiger partial charge in [-0.05, 0) is 107 Å². The number of rotatable bonds is 7. The molecular formula is C72H50N6. The SMILES string of the molecule is C1=CCN(c2cc(-n3c4ccc(-c5ccccc5)cc4c4cc(-n5c6ccccc6c6ccccc65)ccc43)nc(-c3ccccc3)n2)c2ccc(-c3ccccc3)cc2C/C=C(/n2c3ccccc3c3ccccc32)C=C1. The molecule has 6 nitrogen and oxygen atoms in total. The van der Waals surface area contributed by atoms with E-state index in [4.69, 9.17) is 9.97 Å². The van der Waals surface area contributed by atoms with Crippen molar-refractivity contribution in [2.75, 3.05) is 11.4 Å². The van der Waals surface area contributed by atoms with Crippen LogP contribution in [0.5, 0.6) is 0 Å². The van der Waals surface area contributed by atoms with Gasteiger partial charge in [-0.2, -0.15) is 0 Å². The number of hydrogen-bond donors (Lipinski definition) is 0. The molecule has 0 aliphatic carbocycles. The van der Waals surface area contributed by atoms with Crippen LogP contribution in [0.2, 0.25) is 0 Å². The van der Waals surface area contributed by atoms with Gasteiger partial charge in [0.2, 0.25) is 0 Å². The maximum Gasteiger partial charge on any atom is 0.163 e. The number of aromatic nitrogens is 5. The number of benzene rings is 10. The number of anilines is 2. The van der Waals surface area contributed by atoms with Crippen LogP contribution in [0.3, 0.4) is 0 Å². The van der Waals surface area contributed by atoms with Crippen LogP contribution >= 0.6 is 0 Å². The molecule has 0 radical (unpaired) electrons. The predicted molar refractivity (Wildman–Crippen MR) is 326 cm³/mol. The fourth-order valence-electron chi connectivity index (χ4n) is 12.0. The first-order valence-electron chi connectivity index (χ1n) is 26.8. The Morgan fingerprint density at radius 3 is 1.44 bits per heavy atom. The van der Waals surface area contributed by atoms with Crippen LogP contribution < -0.4 is 4.90 Å². The first-order valence-corrected chi connectivity index (χ1v) is 26.8. The van der Waals surface area contributed by atoms with Gasteiger partial charge in [-0.1, -0.05) is 200 Å². The van der Waals surface area contributed by atoms with Crippen molar-refractivity contribution in [3.63, 3.8) is 0 Å². The van der Waals surface area contributed by atoms with Crippen molar-refractivity contribution < 1.29 is 0 Å². The monoisotopic (exact) mass is 998 g/mol. The largest absolute Gasteiger partial charge is 0.322 e. The molecule has 0 saturated carbocycles. The lowest BCUT2D eigenvalue weighted by Gasteiger charge is -2.27. The number of fused-ring (bicyclic) bond motifs is 10. The minimum absolute atomic E-state index is 0.563. The molecule has 0 saturated heterocycles. The third kappa shape index (κ3) is 7.64. The van der Waals surface area contributed by atoms with Gasteiger partial charge in [-0.15, -0.1) is 0 Å². The lowest BCUT2D eigenvalue weighted by molar-refractivity contribution is 0.985. The van der Waals surface area contributed by atoms with Crippen molar-refractivity contribution in [2.45, 2.75) is 6.42 Å². The van der Waals surface area contributed by atoms with E-state index in [2.05, 4.69) is 292 Å². The van der Waals surface area contributed by atoms with E-state index in [1.54, 1.807) is 0 Å². The van der Waals surface area contributed by atoms with Crippen LogP contribution in [-0.4, -0.2) is 30.2 Å². The van der Waals surface area contributed by atoms with Gasteiger partial charge in [-0.25, -0.2) is 9.97 Å². The van der Waals surface area contributed by atoms with E-state index in [0.717, 1.165) is 67.2 Å². The number of nitrogens with zero attached hydrogens (tertiary/aromatic N) is 6. The summed E-state index contributed by atoms with van der Waals surface area (Å²) in [4.78, 5) is 13.4. The van der Waals surface area contributed by atoms with Crippen LogP contribution in [-0.2, 0) is 6.42 Å². The van der Waals surface area contributed by atoms with Gasteiger partial charge < -0.3 is 14.0 Å². The molecule has 4 aromatic heterocycles. The first-order chi connectivity index (χ1) is 38.7. The molecule has 1 aliphatic rings. The highest BCUT2D eigenvalue weighted by Crippen LogP contribution is 2.41. The Balaban J connectivity index is 0.947. The van der Waals surface area contributed by atoms with Gasteiger partial charge in [0.05, 0.1) is 33.1 Å². The Kier molecular flexibility index (Phi) is 10.9. The smallest absolute Gasteiger partial charge is 0.163 e. The van der Waals surface area contributed by atoms with Gasteiger partial charge in [0.1, 0.15) is 11.6 Å². The van der Waals surface area contributed by atoms with E-state index < -0.39 is 0 Å². The molecule has 78 heavy (non-hydrogen) atoms. The zero-order valence-electron chi connectivity index (χ0n) is 42.7. The lowest BCUT2D eigenvalue weighted by atomic mass is 9.99. The summed E-state index contributed by atoms with van der Waals surface area (Å²) < 4.78 is 7.16. The van der Waals surface area contributed by atoms with E-state index in [9.17, 15) is 0 Å². The molecule has 0 amide bonds. The Morgan fingerprint density at radius 1 is 0.333 bits per heavy atom. The van der Waals surface area contributed by atoms with Crippen LogP contribution in [0.25, 0.3) is 116 Å². The Hall–Kier alpha value is -10.3. The molecule has 1 aliphatic heterocycles. The van der Waals surface area contributed by atoms with Crippen molar-refractivity contribution in [1.82, 2.24) is 23.7 Å². The summed E-state index contributed by atoms with van der Waals surface area (Å²) in [5.74, 6) is 2.23. The number of para-hydroxylation sites is 4. The minimum atomic E-state index is 0.563. The standard InChI is InChI=1S/C72H50N6/c1-5-21-49(22-6-1)52-37-41-63-54(45-52)36-39-55(76-64-32-16-12-28-57(64)58-29-13-17-33-65(58)76)27-11-4-20-44-75(63)70-48-71(74-72(73-70)51-25-9-3-10-26-51)78-68-42-38-53(50-23-7-2-8-24-50)46-61(68)62-47-56(40-43-69(62)78)77-66-34-18-14-30-59(66)60-31-15-19-35-67(60)77/h1-35,37-43,45-48H,36,44H2/b20-4?,27-11?,55-39+. The molecular weight excluding hydrogens is 949 g/mol. The van der Waals surface area contributed by atoms with Crippen LogP contribution in [0.1, 0.15) is 5.56 Å². The van der Waals surface area contributed by atoms with Crippen molar-refractivity contribution in [3.8, 4) is 45.1 Å². The summed E-state index contributed by atoms with van der Waals surface area (Å²) >= 11 is 0. The third-order valence-corrected chi connectivity index (χ3v) is 15.6. The van der Waals surface area contributed by atoms with E-state index in [0.29, 0.717) is 18.8 Å². The molecule has 0 bridgehead atoms. The second-order valence-corrected chi connectivity index (χ2v) is 20.1. The molecule has 0 N–H and O–H groups in total. The lowest BCUT2D eigenvalue weighted by Crippen LogP contribution is -2.21. The molecule has 5 heterocycles. The van der Waals surface area contributed by atoms with E-state index >= 15 is 0 Å². The molecule has 10 aromatic carbocycles. The fraction of sp³-hybridized carbons (Fsp3) is 0.0278. The zero-order chi connectivity index (χ0) is 51.5. The van der Waals surface area contributed by atoms with Gasteiger partial charge in [0.15, 0.2) is 5.82 Å². The fourth-order valence-corrected chi connectivity index (χ4v) is 12.0. The molecule has 0 unspecified atom stereocenters. The molecule has 368 valence electrons. The first kappa shape index (κ1) is 45.1. The molecule has 14 aromatic rings. The van der Waals surface area contributed by atoms with E-state index in [-0.39, 0.29) is 0 Å². The van der Waals surface area contributed by atoms with Crippen molar-refractivity contribution in [3.05, 3.63) is 285 Å². The Bertz CT molecular complexity index is 4620. The highest BCUT2D eigenvalue weighted by Gasteiger charge is 2.23.